The summed E-state index contributed by atoms with van der Waals surface area (Å²) in [6.45, 7) is 3.35. The van der Waals surface area contributed by atoms with E-state index in [4.69, 9.17) is 16.0 Å². The highest BCUT2D eigenvalue weighted by atomic mass is 35.5. The van der Waals surface area contributed by atoms with Gasteiger partial charge in [-0.05, 0) is 44.0 Å². The Morgan fingerprint density at radius 1 is 1.38 bits per heavy atom. The van der Waals surface area contributed by atoms with E-state index in [2.05, 4.69) is 16.3 Å². The summed E-state index contributed by atoms with van der Waals surface area (Å²) in [5, 5.41) is 12.9. The fourth-order valence-corrected chi connectivity index (χ4v) is 3.19. The van der Waals surface area contributed by atoms with Crippen LogP contribution in [0.4, 0.5) is 5.69 Å². The maximum absolute atomic E-state index is 12.2. The second-order valence-corrected chi connectivity index (χ2v) is 6.33. The standard InChI is InChI=1S/C18H18ClN3O2/c1-12-16(6-9-24-12)18(23)21-15-4-7-22(8-5-15)17-3-2-14(19)10-13(17)11-20/h2-3,6,9-10,15H,4-5,7-8H2,1H3,(H,21,23). The molecule has 0 bridgehead atoms. The lowest BCUT2D eigenvalue weighted by Crippen LogP contribution is -2.45. The first kappa shape index (κ1) is 16.4. The second-order valence-electron chi connectivity index (χ2n) is 5.90. The first-order chi connectivity index (χ1) is 11.6. The van der Waals surface area contributed by atoms with Gasteiger partial charge in [-0.3, -0.25) is 4.79 Å². The molecule has 0 atom stereocenters. The van der Waals surface area contributed by atoms with Crippen molar-refractivity contribution in [1.82, 2.24) is 5.32 Å². The first-order valence-corrected chi connectivity index (χ1v) is 8.26. The zero-order valence-electron chi connectivity index (χ0n) is 13.4. The molecule has 5 nitrogen and oxygen atoms in total. The van der Waals surface area contributed by atoms with Gasteiger partial charge in [0.15, 0.2) is 0 Å². The molecular weight excluding hydrogens is 326 g/mol. The summed E-state index contributed by atoms with van der Waals surface area (Å²) in [7, 11) is 0. The Labute approximate surface area is 145 Å². The summed E-state index contributed by atoms with van der Waals surface area (Å²) in [5.41, 5.74) is 2.07. The zero-order valence-corrected chi connectivity index (χ0v) is 14.1. The number of rotatable bonds is 3. The van der Waals surface area contributed by atoms with Gasteiger partial charge in [0.2, 0.25) is 0 Å². The van der Waals surface area contributed by atoms with Gasteiger partial charge in [0.25, 0.3) is 5.91 Å². The van der Waals surface area contributed by atoms with Crippen LogP contribution in [0, 0.1) is 18.3 Å². The van der Waals surface area contributed by atoms with Crippen molar-refractivity contribution in [2.45, 2.75) is 25.8 Å². The van der Waals surface area contributed by atoms with Crippen molar-refractivity contribution >= 4 is 23.2 Å². The average Bonchev–Trinajstić information content (AvgIpc) is 3.02. The van der Waals surface area contributed by atoms with Crippen LogP contribution in [0.5, 0.6) is 0 Å². The summed E-state index contributed by atoms with van der Waals surface area (Å²) < 4.78 is 5.17. The van der Waals surface area contributed by atoms with Crippen molar-refractivity contribution in [1.29, 1.82) is 5.26 Å². The molecular formula is C18H18ClN3O2. The Kier molecular flexibility index (Phi) is 4.77. The summed E-state index contributed by atoms with van der Waals surface area (Å²) >= 11 is 5.95. The van der Waals surface area contributed by atoms with Gasteiger partial charge in [-0.1, -0.05) is 11.6 Å². The minimum absolute atomic E-state index is 0.0936. The molecule has 3 rings (SSSR count). The first-order valence-electron chi connectivity index (χ1n) is 7.88. The van der Waals surface area contributed by atoms with Crippen LogP contribution in [0.25, 0.3) is 0 Å². The van der Waals surface area contributed by atoms with Gasteiger partial charge in [-0.15, -0.1) is 0 Å². The SMILES string of the molecule is Cc1occc1C(=O)NC1CCN(c2ccc(Cl)cc2C#N)CC1. The summed E-state index contributed by atoms with van der Waals surface area (Å²) in [6, 6.07) is 9.38. The summed E-state index contributed by atoms with van der Waals surface area (Å²) in [5.74, 6) is 0.536. The van der Waals surface area contributed by atoms with Crippen molar-refractivity contribution < 1.29 is 9.21 Å². The van der Waals surface area contributed by atoms with E-state index in [1.54, 1.807) is 25.1 Å². The van der Waals surface area contributed by atoms with Gasteiger partial charge in [0, 0.05) is 24.2 Å². The zero-order chi connectivity index (χ0) is 17.1. The topological polar surface area (TPSA) is 69.3 Å². The molecule has 0 spiro atoms. The summed E-state index contributed by atoms with van der Waals surface area (Å²) in [6.07, 6.45) is 3.18. The fourth-order valence-electron chi connectivity index (χ4n) is 3.02. The number of furan rings is 1. The predicted octanol–water partition coefficient (Wildman–Crippen LogP) is 3.51. The number of amides is 1. The lowest BCUT2D eigenvalue weighted by molar-refractivity contribution is 0.0929. The Bertz CT molecular complexity index is 786. The molecule has 1 aliphatic heterocycles. The maximum Gasteiger partial charge on any atom is 0.255 e. The predicted molar refractivity (Wildman–Crippen MR) is 92.3 cm³/mol. The second kappa shape index (κ2) is 6.98. The van der Waals surface area contributed by atoms with E-state index >= 15 is 0 Å². The van der Waals surface area contributed by atoms with E-state index in [1.807, 2.05) is 6.07 Å². The van der Waals surface area contributed by atoms with E-state index in [0.717, 1.165) is 31.6 Å². The number of halogens is 1. The number of nitrogens with zero attached hydrogens (tertiary/aromatic N) is 2. The van der Waals surface area contributed by atoms with Crippen LogP contribution in [-0.2, 0) is 0 Å². The van der Waals surface area contributed by atoms with Crippen LogP contribution in [-0.4, -0.2) is 25.0 Å². The lowest BCUT2D eigenvalue weighted by atomic mass is 10.0. The number of carbonyl (C=O) groups is 1. The largest absolute Gasteiger partial charge is 0.469 e. The Balaban J connectivity index is 1.61. The number of nitrogens with one attached hydrogen (secondary N) is 1. The molecule has 124 valence electrons. The molecule has 1 amide bonds. The molecule has 1 aliphatic rings. The molecule has 1 N–H and O–H groups in total. The molecule has 1 aromatic carbocycles. The van der Waals surface area contributed by atoms with Crippen LogP contribution in [0.2, 0.25) is 5.02 Å². The number of aryl methyl sites for hydroxylation is 1. The minimum Gasteiger partial charge on any atom is -0.469 e. The summed E-state index contributed by atoms with van der Waals surface area (Å²) in [4.78, 5) is 14.4. The monoisotopic (exact) mass is 343 g/mol. The molecule has 0 aliphatic carbocycles. The van der Waals surface area contributed by atoms with Gasteiger partial charge in [-0.2, -0.15) is 5.26 Å². The molecule has 0 unspecified atom stereocenters. The van der Waals surface area contributed by atoms with E-state index in [1.165, 1.54) is 6.26 Å². The highest BCUT2D eigenvalue weighted by Crippen LogP contribution is 2.26. The molecule has 2 aromatic rings. The van der Waals surface area contributed by atoms with Gasteiger partial charge in [0.1, 0.15) is 11.8 Å². The molecule has 0 radical (unpaired) electrons. The molecule has 1 saturated heterocycles. The van der Waals surface area contributed by atoms with Crippen LogP contribution in [0.3, 0.4) is 0 Å². The van der Waals surface area contributed by atoms with E-state index in [-0.39, 0.29) is 11.9 Å². The molecule has 1 aromatic heterocycles. The van der Waals surface area contributed by atoms with E-state index in [0.29, 0.717) is 21.9 Å². The third-order valence-electron chi connectivity index (χ3n) is 4.35. The van der Waals surface area contributed by atoms with Crippen LogP contribution in [0.1, 0.15) is 34.5 Å². The number of hydrogen-bond donors (Lipinski definition) is 1. The van der Waals surface area contributed by atoms with Crippen molar-refractivity contribution in [2.75, 3.05) is 18.0 Å². The van der Waals surface area contributed by atoms with Crippen LogP contribution >= 0.6 is 11.6 Å². The highest BCUT2D eigenvalue weighted by Gasteiger charge is 2.23. The Hall–Kier alpha value is -2.45. The van der Waals surface area contributed by atoms with Gasteiger partial charge in [-0.25, -0.2) is 0 Å². The Morgan fingerprint density at radius 3 is 2.75 bits per heavy atom. The number of piperidine rings is 1. The number of anilines is 1. The molecule has 1 fully saturated rings. The molecule has 0 saturated carbocycles. The number of nitriles is 1. The third-order valence-corrected chi connectivity index (χ3v) is 4.59. The maximum atomic E-state index is 12.2. The fraction of sp³-hybridized carbons (Fsp3) is 0.333. The smallest absolute Gasteiger partial charge is 0.255 e. The Morgan fingerprint density at radius 2 is 2.12 bits per heavy atom. The third kappa shape index (κ3) is 3.39. The van der Waals surface area contributed by atoms with Crippen LogP contribution < -0.4 is 10.2 Å². The van der Waals surface area contributed by atoms with Crippen molar-refractivity contribution in [3.63, 3.8) is 0 Å². The van der Waals surface area contributed by atoms with Gasteiger partial charge >= 0.3 is 0 Å². The quantitative estimate of drug-likeness (QED) is 0.925. The van der Waals surface area contributed by atoms with Crippen molar-refractivity contribution in [3.05, 3.63) is 52.4 Å². The lowest BCUT2D eigenvalue weighted by Gasteiger charge is -2.34. The van der Waals surface area contributed by atoms with Crippen molar-refractivity contribution in [3.8, 4) is 6.07 Å². The van der Waals surface area contributed by atoms with Crippen molar-refractivity contribution in [2.24, 2.45) is 0 Å². The normalized spacial score (nSPS) is 15.1. The molecule has 2 heterocycles. The number of hydrogen-bond acceptors (Lipinski definition) is 4. The molecule has 24 heavy (non-hydrogen) atoms. The van der Waals surface area contributed by atoms with E-state index < -0.39 is 0 Å². The van der Waals surface area contributed by atoms with E-state index in [9.17, 15) is 10.1 Å². The van der Waals surface area contributed by atoms with Crippen LogP contribution in [0.15, 0.2) is 34.9 Å². The highest BCUT2D eigenvalue weighted by molar-refractivity contribution is 6.30. The van der Waals surface area contributed by atoms with Gasteiger partial charge < -0.3 is 14.6 Å². The average molecular weight is 344 g/mol. The minimum atomic E-state index is -0.0936. The number of benzene rings is 1. The van der Waals surface area contributed by atoms with Gasteiger partial charge in [0.05, 0.1) is 23.1 Å². The molecule has 6 heteroatoms. The number of carbonyl (C=O) groups excluding carboxylic acids is 1.